The van der Waals surface area contributed by atoms with Crippen LogP contribution in [0.5, 0.6) is 0 Å². The Morgan fingerprint density at radius 2 is 2.03 bits per heavy atom. The summed E-state index contributed by atoms with van der Waals surface area (Å²) in [6.45, 7) is 3.67. The van der Waals surface area contributed by atoms with E-state index in [1.54, 1.807) is 19.1 Å². The van der Waals surface area contributed by atoms with Crippen LogP contribution in [0.25, 0.3) is 10.6 Å². The molecule has 1 amide bonds. The van der Waals surface area contributed by atoms with E-state index < -0.39 is 17.5 Å². The molecule has 0 aliphatic carbocycles. The number of benzene rings is 1. The first-order chi connectivity index (χ1) is 14.4. The van der Waals surface area contributed by atoms with E-state index in [2.05, 4.69) is 30.6 Å². The van der Waals surface area contributed by atoms with Crippen LogP contribution in [0, 0.1) is 25.5 Å². The fourth-order valence-electron chi connectivity index (χ4n) is 2.44. The maximum atomic E-state index is 13.9. The third-order valence-electron chi connectivity index (χ3n) is 3.92. The summed E-state index contributed by atoms with van der Waals surface area (Å²) in [6.07, 6.45) is 1.24. The Labute approximate surface area is 174 Å². The Morgan fingerprint density at radius 3 is 2.77 bits per heavy atom. The number of rotatable bonds is 6. The molecular weight excluding hydrogens is 412 g/mol. The van der Waals surface area contributed by atoms with Crippen LogP contribution in [-0.2, 0) is 11.3 Å². The van der Waals surface area contributed by atoms with Crippen molar-refractivity contribution in [2.24, 2.45) is 15.9 Å². The van der Waals surface area contributed by atoms with Crippen LogP contribution in [0.15, 0.2) is 40.4 Å². The molecule has 30 heavy (non-hydrogen) atoms. The lowest BCUT2D eigenvalue weighted by Gasteiger charge is -2.03. The minimum absolute atomic E-state index is 0.00324. The highest BCUT2D eigenvalue weighted by Crippen LogP contribution is 2.26. The van der Waals surface area contributed by atoms with Crippen molar-refractivity contribution in [1.82, 2.24) is 20.5 Å². The zero-order chi connectivity index (χ0) is 21.7. The van der Waals surface area contributed by atoms with Gasteiger partial charge in [0.2, 0.25) is 0 Å². The average molecular weight is 429 g/mol. The van der Waals surface area contributed by atoms with Gasteiger partial charge < -0.3 is 11.2 Å². The van der Waals surface area contributed by atoms with Gasteiger partial charge in [0.25, 0.3) is 5.91 Å². The number of carbonyl (C=O) groups excluding carboxylic acids is 1. The van der Waals surface area contributed by atoms with Gasteiger partial charge in [-0.2, -0.15) is 5.10 Å². The van der Waals surface area contributed by atoms with Crippen molar-refractivity contribution < 1.29 is 13.6 Å². The summed E-state index contributed by atoms with van der Waals surface area (Å²) in [6, 6.07) is 6.64. The zero-order valence-electron chi connectivity index (χ0n) is 16.1. The van der Waals surface area contributed by atoms with Crippen molar-refractivity contribution in [1.29, 1.82) is 0 Å². The fraction of sp³-hybridized carbons (Fsp3) is 0.158. The van der Waals surface area contributed by atoms with Gasteiger partial charge in [-0.05, 0) is 44.2 Å². The van der Waals surface area contributed by atoms with E-state index in [0.717, 1.165) is 35.2 Å². The topological polar surface area (TPSA) is 119 Å². The molecule has 8 nitrogen and oxygen atoms in total. The molecule has 0 bridgehead atoms. The van der Waals surface area contributed by atoms with Crippen molar-refractivity contribution in [3.05, 3.63) is 58.4 Å². The SMILES string of the molecule is Cc1ccc(N=C/C(=N\N)C(=O)NCc2nnc(-c3cc(F)ccc3F)s2)c(C)n1. The molecule has 0 unspecified atom stereocenters. The summed E-state index contributed by atoms with van der Waals surface area (Å²) in [5, 5.41) is 14.4. The highest BCUT2D eigenvalue weighted by atomic mass is 32.1. The van der Waals surface area contributed by atoms with Gasteiger partial charge in [-0.3, -0.25) is 14.8 Å². The third kappa shape index (κ3) is 5.06. The maximum Gasteiger partial charge on any atom is 0.273 e. The lowest BCUT2D eigenvalue weighted by atomic mass is 10.2. The Bertz CT molecular complexity index is 1140. The average Bonchev–Trinajstić information content (AvgIpc) is 3.19. The van der Waals surface area contributed by atoms with Crippen LogP contribution < -0.4 is 11.2 Å². The van der Waals surface area contributed by atoms with Gasteiger partial charge in [0, 0.05) is 5.69 Å². The van der Waals surface area contributed by atoms with E-state index in [1.165, 1.54) is 6.21 Å². The Balaban J connectivity index is 1.65. The number of nitrogens with two attached hydrogens (primary N) is 1. The minimum Gasteiger partial charge on any atom is -0.344 e. The molecule has 2 aromatic heterocycles. The number of nitrogens with zero attached hydrogens (tertiary/aromatic N) is 5. The van der Waals surface area contributed by atoms with Gasteiger partial charge in [-0.15, -0.1) is 10.2 Å². The molecule has 11 heteroatoms. The van der Waals surface area contributed by atoms with Gasteiger partial charge >= 0.3 is 0 Å². The largest absolute Gasteiger partial charge is 0.344 e. The summed E-state index contributed by atoms with van der Waals surface area (Å²) < 4.78 is 27.2. The molecule has 0 saturated heterocycles. The zero-order valence-corrected chi connectivity index (χ0v) is 16.9. The molecule has 0 radical (unpaired) electrons. The number of hydrazone groups is 1. The normalized spacial score (nSPS) is 11.8. The summed E-state index contributed by atoms with van der Waals surface area (Å²) >= 11 is 1.03. The first kappa shape index (κ1) is 21.1. The van der Waals surface area contributed by atoms with Gasteiger partial charge in [0.1, 0.15) is 16.6 Å². The van der Waals surface area contributed by atoms with Gasteiger partial charge in [0.15, 0.2) is 10.7 Å². The molecule has 0 fully saturated rings. The minimum atomic E-state index is -0.613. The molecule has 154 valence electrons. The van der Waals surface area contributed by atoms with E-state index in [-0.39, 0.29) is 22.8 Å². The molecule has 3 rings (SSSR count). The Kier molecular flexibility index (Phi) is 6.52. The van der Waals surface area contributed by atoms with Crippen LogP contribution in [-0.4, -0.2) is 33.0 Å². The monoisotopic (exact) mass is 429 g/mol. The van der Waals surface area contributed by atoms with E-state index in [0.29, 0.717) is 16.4 Å². The Hall–Kier alpha value is -3.60. The number of halogens is 2. The molecule has 0 aliphatic rings. The summed E-state index contributed by atoms with van der Waals surface area (Å²) in [5.41, 5.74) is 2.04. The molecule has 0 aliphatic heterocycles. The van der Waals surface area contributed by atoms with E-state index >= 15 is 0 Å². The number of aryl methyl sites for hydroxylation is 2. The molecule has 1 aromatic carbocycles. The van der Waals surface area contributed by atoms with Crippen LogP contribution in [0.4, 0.5) is 14.5 Å². The van der Waals surface area contributed by atoms with Crippen molar-refractivity contribution in [2.75, 3.05) is 0 Å². The summed E-state index contributed by atoms with van der Waals surface area (Å²) in [5.74, 6) is 3.52. The number of amides is 1. The second kappa shape index (κ2) is 9.27. The van der Waals surface area contributed by atoms with Crippen LogP contribution >= 0.6 is 11.3 Å². The van der Waals surface area contributed by atoms with Crippen LogP contribution in [0.3, 0.4) is 0 Å². The second-order valence-corrected chi connectivity index (χ2v) is 7.20. The third-order valence-corrected chi connectivity index (χ3v) is 4.88. The molecule has 0 atom stereocenters. The standard InChI is InChI=1S/C19H17F2N7OS/c1-10-3-6-15(11(2)25-10)23-8-16(26-22)18(29)24-9-17-27-28-19(30-17)13-7-12(20)4-5-14(13)21/h3-8H,9,22H2,1-2H3,(H,24,29)/b23-8?,26-16+. The van der Waals surface area contributed by atoms with E-state index in [1.807, 2.05) is 6.92 Å². The maximum absolute atomic E-state index is 13.9. The van der Waals surface area contributed by atoms with Gasteiger partial charge in [-0.1, -0.05) is 11.3 Å². The number of nitrogens with one attached hydrogen (secondary N) is 1. The van der Waals surface area contributed by atoms with E-state index in [4.69, 9.17) is 5.84 Å². The molecular formula is C19H17F2N7OS. The van der Waals surface area contributed by atoms with Crippen molar-refractivity contribution in [3.8, 4) is 10.6 Å². The van der Waals surface area contributed by atoms with Crippen LogP contribution in [0.1, 0.15) is 16.4 Å². The number of aromatic nitrogens is 3. The predicted molar refractivity (Wildman–Crippen MR) is 111 cm³/mol. The number of hydrogen-bond donors (Lipinski definition) is 2. The number of pyridine rings is 1. The van der Waals surface area contributed by atoms with Crippen molar-refractivity contribution in [2.45, 2.75) is 20.4 Å². The number of hydrogen-bond acceptors (Lipinski definition) is 8. The highest BCUT2D eigenvalue weighted by molar-refractivity contribution is 7.14. The highest BCUT2D eigenvalue weighted by Gasteiger charge is 2.14. The van der Waals surface area contributed by atoms with Gasteiger partial charge in [-0.25, -0.2) is 8.78 Å². The fourth-order valence-corrected chi connectivity index (χ4v) is 3.24. The summed E-state index contributed by atoms with van der Waals surface area (Å²) in [7, 11) is 0. The van der Waals surface area contributed by atoms with Crippen LogP contribution in [0.2, 0.25) is 0 Å². The van der Waals surface area contributed by atoms with Crippen molar-refractivity contribution >= 4 is 34.9 Å². The Morgan fingerprint density at radius 1 is 1.23 bits per heavy atom. The van der Waals surface area contributed by atoms with E-state index in [9.17, 15) is 13.6 Å². The first-order valence-corrected chi connectivity index (χ1v) is 9.51. The lowest BCUT2D eigenvalue weighted by molar-refractivity contribution is -0.114. The molecule has 3 aromatic rings. The second-order valence-electron chi connectivity index (χ2n) is 6.14. The smallest absolute Gasteiger partial charge is 0.273 e. The van der Waals surface area contributed by atoms with Gasteiger partial charge in [0.05, 0.1) is 29.7 Å². The molecule has 0 spiro atoms. The number of carbonyl (C=O) groups is 1. The quantitative estimate of drug-likeness (QED) is 0.355. The number of aliphatic imine (C=N–C) groups is 1. The molecule has 3 N–H and O–H groups in total. The first-order valence-electron chi connectivity index (χ1n) is 8.69. The lowest BCUT2D eigenvalue weighted by Crippen LogP contribution is -2.32. The predicted octanol–water partition coefficient (Wildman–Crippen LogP) is 2.83. The molecule has 2 heterocycles. The summed E-state index contributed by atoms with van der Waals surface area (Å²) in [4.78, 5) is 20.8. The molecule has 0 saturated carbocycles. The van der Waals surface area contributed by atoms with Crippen molar-refractivity contribution in [3.63, 3.8) is 0 Å².